The number of nitrogens with zero attached hydrogens (tertiary/aromatic N) is 1. The van der Waals surface area contributed by atoms with Gasteiger partial charge in [0.05, 0.1) is 12.6 Å². The van der Waals surface area contributed by atoms with E-state index < -0.39 is 17.7 Å². The SMILES string of the molecule is C[C@@H]1CCCC[C@@]12NC(=O)N(C[C@@H](O)c1ccc(Cl)cc1)C2=O. The average molecular weight is 337 g/mol. The normalized spacial score (nSPS) is 29.0. The van der Waals surface area contributed by atoms with E-state index in [9.17, 15) is 14.7 Å². The van der Waals surface area contributed by atoms with Crippen LogP contribution in [0.2, 0.25) is 5.02 Å². The van der Waals surface area contributed by atoms with E-state index in [0.717, 1.165) is 24.2 Å². The fourth-order valence-electron chi connectivity index (χ4n) is 3.62. The summed E-state index contributed by atoms with van der Waals surface area (Å²) in [7, 11) is 0. The summed E-state index contributed by atoms with van der Waals surface area (Å²) in [5, 5.41) is 13.8. The molecule has 0 unspecified atom stereocenters. The van der Waals surface area contributed by atoms with Crippen molar-refractivity contribution in [2.75, 3.05) is 6.54 Å². The summed E-state index contributed by atoms with van der Waals surface area (Å²) in [5.41, 5.74) is -0.151. The molecule has 3 atom stereocenters. The van der Waals surface area contributed by atoms with Crippen molar-refractivity contribution < 1.29 is 14.7 Å². The van der Waals surface area contributed by atoms with Crippen LogP contribution in [0.3, 0.4) is 0 Å². The third-order valence-corrected chi connectivity index (χ3v) is 5.36. The summed E-state index contributed by atoms with van der Waals surface area (Å²) >= 11 is 5.84. The zero-order valence-electron chi connectivity index (χ0n) is 13.1. The molecule has 0 aromatic heterocycles. The number of imide groups is 1. The highest BCUT2D eigenvalue weighted by Gasteiger charge is 2.55. The summed E-state index contributed by atoms with van der Waals surface area (Å²) in [6.07, 6.45) is 2.70. The Morgan fingerprint density at radius 3 is 2.70 bits per heavy atom. The zero-order chi connectivity index (χ0) is 16.6. The molecule has 2 aliphatic rings. The van der Waals surface area contributed by atoms with Crippen LogP contribution in [-0.4, -0.2) is 34.0 Å². The highest BCUT2D eigenvalue weighted by Crippen LogP contribution is 2.38. The van der Waals surface area contributed by atoms with Crippen molar-refractivity contribution in [1.82, 2.24) is 10.2 Å². The molecule has 1 spiro atoms. The number of carbonyl (C=O) groups is 2. The van der Waals surface area contributed by atoms with Crippen LogP contribution in [-0.2, 0) is 4.79 Å². The second-order valence-electron chi connectivity index (χ2n) is 6.53. The fourth-order valence-corrected chi connectivity index (χ4v) is 3.75. The van der Waals surface area contributed by atoms with Crippen molar-refractivity contribution in [3.05, 3.63) is 34.9 Å². The van der Waals surface area contributed by atoms with Gasteiger partial charge in [-0.3, -0.25) is 9.69 Å². The number of amides is 3. The number of rotatable bonds is 3. The Morgan fingerprint density at radius 2 is 2.04 bits per heavy atom. The number of urea groups is 1. The summed E-state index contributed by atoms with van der Waals surface area (Å²) < 4.78 is 0. The first-order chi connectivity index (χ1) is 10.9. The number of benzene rings is 1. The number of β-amino-alcohol motifs (C(OH)–C–C–N with tert-alkyl or cyclic N) is 1. The maximum absolute atomic E-state index is 12.8. The maximum atomic E-state index is 12.8. The Bertz CT molecular complexity index is 619. The highest BCUT2D eigenvalue weighted by atomic mass is 35.5. The molecule has 3 rings (SSSR count). The Hall–Kier alpha value is -1.59. The van der Waals surface area contributed by atoms with Crippen LogP contribution in [0.25, 0.3) is 0 Å². The van der Waals surface area contributed by atoms with Crippen molar-refractivity contribution in [3.8, 4) is 0 Å². The van der Waals surface area contributed by atoms with Gasteiger partial charge in [0.25, 0.3) is 5.91 Å². The predicted molar refractivity (Wildman–Crippen MR) is 87.0 cm³/mol. The lowest BCUT2D eigenvalue weighted by molar-refractivity contribution is -0.135. The molecule has 1 aromatic carbocycles. The van der Waals surface area contributed by atoms with Gasteiger partial charge in [0, 0.05) is 5.02 Å². The molecular weight excluding hydrogens is 316 g/mol. The van der Waals surface area contributed by atoms with Gasteiger partial charge in [-0.2, -0.15) is 0 Å². The lowest BCUT2D eigenvalue weighted by Gasteiger charge is -2.36. The maximum Gasteiger partial charge on any atom is 0.325 e. The number of nitrogens with one attached hydrogen (secondary N) is 1. The topological polar surface area (TPSA) is 69.6 Å². The predicted octanol–water partition coefficient (Wildman–Crippen LogP) is 2.87. The van der Waals surface area contributed by atoms with E-state index in [0.29, 0.717) is 17.0 Å². The number of halogens is 1. The van der Waals surface area contributed by atoms with E-state index in [1.807, 2.05) is 6.92 Å². The zero-order valence-corrected chi connectivity index (χ0v) is 13.8. The third kappa shape index (κ3) is 2.83. The van der Waals surface area contributed by atoms with E-state index in [1.165, 1.54) is 0 Å². The summed E-state index contributed by atoms with van der Waals surface area (Å²) in [6.45, 7) is 1.97. The van der Waals surface area contributed by atoms with Crippen molar-refractivity contribution in [2.24, 2.45) is 5.92 Å². The van der Waals surface area contributed by atoms with E-state index in [1.54, 1.807) is 24.3 Å². The summed E-state index contributed by atoms with van der Waals surface area (Å²) in [5.74, 6) is -0.0897. The number of hydrogen-bond donors (Lipinski definition) is 2. The molecule has 2 fully saturated rings. The van der Waals surface area contributed by atoms with Crippen molar-refractivity contribution in [1.29, 1.82) is 0 Å². The minimum absolute atomic E-state index is 0.0409. The monoisotopic (exact) mass is 336 g/mol. The standard InChI is InChI=1S/C17H21ClN2O3/c1-11-4-2-3-9-17(11)15(22)20(16(23)19-17)10-14(21)12-5-7-13(18)8-6-12/h5-8,11,14,21H,2-4,9-10H2,1H3,(H,19,23)/t11-,14-,17-/m1/s1. The van der Waals surface area contributed by atoms with Crippen LogP contribution in [0.5, 0.6) is 0 Å². The van der Waals surface area contributed by atoms with Gasteiger partial charge in [0.2, 0.25) is 0 Å². The first-order valence-electron chi connectivity index (χ1n) is 8.01. The molecule has 23 heavy (non-hydrogen) atoms. The van der Waals surface area contributed by atoms with Gasteiger partial charge in [-0.05, 0) is 36.5 Å². The van der Waals surface area contributed by atoms with Crippen LogP contribution in [0.4, 0.5) is 4.79 Å². The molecule has 0 radical (unpaired) electrons. The van der Waals surface area contributed by atoms with Crippen LogP contribution >= 0.6 is 11.6 Å². The van der Waals surface area contributed by atoms with Gasteiger partial charge in [-0.25, -0.2) is 4.79 Å². The molecule has 1 aromatic rings. The number of aliphatic hydroxyl groups is 1. The van der Waals surface area contributed by atoms with Crippen LogP contribution < -0.4 is 5.32 Å². The second-order valence-corrected chi connectivity index (χ2v) is 6.97. The van der Waals surface area contributed by atoms with Gasteiger partial charge in [-0.1, -0.05) is 43.5 Å². The van der Waals surface area contributed by atoms with Gasteiger partial charge in [-0.15, -0.1) is 0 Å². The average Bonchev–Trinajstić information content (AvgIpc) is 2.76. The second kappa shape index (κ2) is 6.13. The Morgan fingerprint density at radius 1 is 1.35 bits per heavy atom. The molecule has 1 heterocycles. The molecule has 1 aliphatic carbocycles. The van der Waals surface area contributed by atoms with E-state index in [2.05, 4.69) is 5.32 Å². The Balaban J connectivity index is 1.76. The van der Waals surface area contributed by atoms with Gasteiger partial charge >= 0.3 is 6.03 Å². The summed E-state index contributed by atoms with van der Waals surface area (Å²) in [4.78, 5) is 26.3. The van der Waals surface area contributed by atoms with Crippen LogP contribution in [0.1, 0.15) is 44.3 Å². The molecule has 1 aliphatic heterocycles. The summed E-state index contributed by atoms with van der Waals surface area (Å²) in [6, 6.07) is 6.35. The molecular formula is C17H21ClN2O3. The van der Waals surface area contributed by atoms with Crippen LogP contribution in [0, 0.1) is 5.92 Å². The molecule has 124 valence electrons. The first-order valence-corrected chi connectivity index (χ1v) is 8.39. The molecule has 0 bridgehead atoms. The van der Waals surface area contributed by atoms with Crippen LogP contribution in [0.15, 0.2) is 24.3 Å². The quantitative estimate of drug-likeness (QED) is 0.834. The van der Waals surface area contributed by atoms with Crippen molar-refractivity contribution in [3.63, 3.8) is 0 Å². The van der Waals surface area contributed by atoms with Gasteiger partial charge < -0.3 is 10.4 Å². The van der Waals surface area contributed by atoms with Gasteiger partial charge in [0.15, 0.2) is 0 Å². The smallest absolute Gasteiger partial charge is 0.325 e. The Labute approximate surface area is 140 Å². The number of hydrogen-bond acceptors (Lipinski definition) is 3. The van der Waals surface area contributed by atoms with E-state index in [4.69, 9.17) is 11.6 Å². The van der Waals surface area contributed by atoms with Gasteiger partial charge in [0.1, 0.15) is 5.54 Å². The minimum atomic E-state index is -0.920. The lowest BCUT2D eigenvalue weighted by atomic mass is 9.73. The lowest BCUT2D eigenvalue weighted by Crippen LogP contribution is -2.54. The first kappa shape index (κ1) is 16.3. The Kier molecular flexibility index (Phi) is 4.34. The fraction of sp³-hybridized carbons (Fsp3) is 0.529. The molecule has 1 saturated carbocycles. The number of carbonyl (C=O) groups excluding carboxylic acids is 2. The van der Waals surface area contributed by atoms with E-state index >= 15 is 0 Å². The molecule has 3 amide bonds. The molecule has 2 N–H and O–H groups in total. The van der Waals surface area contributed by atoms with E-state index in [-0.39, 0.29) is 18.4 Å². The van der Waals surface area contributed by atoms with Crippen molar-refractivity contribution in [2.45, 2.75) is 44.2 Å². The molecule has 6 heteroatoms. The largest absolute Gasteiger partial charge is 0.387 e. The van der Waals surface area contributed by atoms with Crippen molar-refractivity contribution >= 4 is 23.5 Å². The number of aliphatic hydroxyl groups excluding tert-OH is 1. The molecule has 5 nitrogen and oxygen atoms in total. The highest BCUT2D eigenvalue weighted by molar-refractivity contribution is 6.30. The molecule has 1 saturated heterocycles. The third-order valence-electron chi connectivity index (χ3n) is 5.11. The minimum Gasteiger partial charge on any atom is -0.387 e.